The highest BCUT2D eigenvalue weighted by molar-refractivity contribution is 6.24. The van der Waals surface area contributed by atoms with Crippen molar-refractivity contribution in [2.24, 2.45) is 0 Å². The zero-order valence-electron chi connectivity index (χ0n) is 29.4. The maximum absolute atomic E-state index is 6.54. The molecule has 252 valence electrons. The second-order valence-electron chi connectivity index (χ2n) is 14.6. The monoisotopic (exact) mass is 688 g/mol. The fraction of sp³-hybridized carbons (Fsp3) is 0.0385. The lowest BCUT2D eigenvalue weighted by Gasteiger charge is -2.19. The molecule has 9 aromatic carbocycles. The first-order chi connectivity index (χ1) is 26.8. The molecule has 0 aliphatic heterocycles. The van der Waals surface area contributed by atoms with Crippen molar-refractivity contribution in [2.75, 3.05) is 0 Å². The maximum atomic E-state index is 6.54. The molecule has 2 heteroatoms. The Labute approximate surface area is 311 Å². The quantitative estimate of drug-likeness (QED) is 0.173. The highest BCUT2D eigenvalue weighted by Gasteiger charge is 2.20. The highest BCUT2D eigenvalue weighted by Crippen LogP contribution is 2.46. The summed E-state index contributed by atoms with van der Waals surface area (Å²) in [4.78, 5) is 0. The van der Waals surface area contributed by atoms with Gasteiger partial charge in [-0.05, 0) is 113 Å². The number of allylic oxidation sites excluding steroid dienone is 1. The normalized spacial score (nSPS) is 13.0. The van der Waals surface area contributed by atoms with Crippen LogP contribution in [0.1, 0.15) is 17.7 Å². The minimum Gasteiger partial charge on any atom is -0.460 e. The van der Waals surface area contributed by atoms with Gasteiger partial charge in [0.1, 0.15) is 22.5 Å². The largest absolute Gasteiger partial charge is 0.460 e. The van der Waals surface area contributed by atoms with E-state index in [9.17, 15) is 0 Å². The van der Waals surface area contributed by atoms with Crippen LogP contribution < -0.4 is 0 Å². The van der Waals surface area contributed by atoms with E-state index in [0.717, 1.165) is 62.6 Å². The second-order valence-corrected chi connectivity index (χ2v) is 14.6. The van der Waals surface area contributed by atoms with Crippen molar-refractivity contribution in [3.63, 3.8) is 0 Å². The Kier molecular flexibility index (Phi) is 6.20. The first-order valence-corrected chi connectivity index (χ1v) is 18.8. The number of rotatable bonds is 3. The van der Waals surface area contributed by atoms with Gasteiger partial charge in [-0.3, -0.25) is 0 Å². The Morgan fingerprint density at radius 3 is 1.85 bits per heavy atom. The van der Waals surface area contributed by atoms with Crippen LogP contribution in [-0.2, 0) is 6.42 Å². The van der Waals surface area contributed by atoms with Crippen LogP contribution in [0.5, 0.6) is 0 Å². The lowest BCUT2D eigenvalue weighted by atomic mass is 9.84. The molecule has 2 heterocycles. The molecule has 0 bridgehead atoms. The van der Waals surface area contributed by atoms with Crippen LogP contribution in [0.15, 0.2) is 173 Å². The van der Waals surface area contributed by atoms with Gasteiger partial charge < -0.3 is 8.83 Å². The van der Waals surface area contributed by atoms with Gasteiger partial charge in [0.2, 0.25) is 0 Å². The van der Waals surface area contributed by atoms with Crippen LogP contribution in [0, 0.1) is 0 Å². The Hall–Kier alpha value is -6.90. The van der Waals surface area contributed by atoms with E-state index in [1.54, 1.807) is 0 Å². The number of hydrogen-bond donors (Lipinski definition) is 0. The fourth-order valence-corrected chi connectivity index (χ4v) is 9.23. The standard InChI is InChI=1S/C52H32O2/c1-2-12-36-32(10-1)11-9-18-38(36)51-41-16-5-3-14-39(41)50(40-15-4-6-17-42(40)51)33-22-20-31(21-23-33)34-24-26-43-48(29-34)54-47-27-25-35-28-45-37-13-7-8-19-46(37)53-49(45)30-44(35)52(43)47/h1-7,9-18,20-30H,8,19H2. The lowest BCUT2D eigenvalue weighted by Crippen LogP contribution is -1.91. The van der Waals surface area contributed by atoms with E-state index in [0.29, 0.717) is 0 Å². The summed E-state index contributed by atoms with van der Waals surface area (Å²) >= 11 is 0. The Balaban J connectivity index is 0.983. The van der Waals surface area contributed by atoms with Gasteiger partial charge in [-0.15, -0.1) is 0 Å². The van der Waals surface area contributed by atoms with Gasteiger partial charge in [0.25, 0.3) is 0 Å². The molecule has 54 heavy (non-hydrogen) atoms. The predicted octanol–water partition coefficient (Wildman–Crippen LogP) is 14.9. The third-order valence-corrected chi connectivity index (χ3v) is 11.7. The summed E-state index contributed by atoms with van der Waals surface area (Å²) in [6.07, 6.45) is 6.44. The van der Waals surface area contributed by atoms with Crippen LogP contribution in [0.3, 0.4) is 0 Å². The van der Waals surface area contributed by atoms with Crippen molar-refractivity contribution in [3.05, 3.63) is 175 Å². The lowest BCUT2D eigenvalue weighted by molar-refractivity contribution is 0.546. The summed E-state index contributed by atoms with van der Waals surface area (Å²) in [6, 6.07) is 57.6. The van der Waals surface area contributed by atoms with E-state index in [2.05, 4.69) is 170 Å². The average molecular weight is 689 g/mol. The Morgan fingerprint density at radius 2 is 1.06 bits per heavy atom. The zero-order chi connectivity index (χ0) is 35.3. The van der Waals surface area contributed by atoms with Gasteiger partial charge in [-0.25, -0.2) is 0 Å². The molecule has 0 radical (unpaired) electrons. The Bertz CT molecular complexity index is 3310. The number of furan rings is 2. The zero-order valence-corrected chi connectivity index (χ0v) is 29.4. The first-order valence-electron chi connectivity index (χ1n) is 18.8. The van der Waals surface area contributed by atoms with Gasteiger partial charge in [-0.1, -0.05) is 140 Å². The molecule has 0 saturated carbocycles. The molecule has 1 aliphatic carbocycles. The van der Waals surface area contributed by atoms with E-state index >= 15 is 0 Å². The summed E-state index contributed by atoms with van der Waals surface area (Å²) in [5.41, 5.74) is 11.3. The van der Waals surface area contributed by atoms with E-state index in [1.165, 1.54) is 70.9 Å². The molecular weight excluding hydrogens is 657 g/mol. The molecular formula is C52H32O2. The smallest absolute Gasteiger partial charge is 0.136 e. The number of benzene rings is 9. The van der Waals surface area contributed by atoms with E-state index in [-0.39, 0.29) is 0 Å². The number of fused-ring (bicyclic) bond motifs is 11. The first kappa shape index (κ1) is 29.7. The summed E-state index contributed by atoms with van der Waals surface area (Å²) < 4.78 is 12.9. The van der Waals surface area contributed by atoms with Crippen molar-refractivity contribution in [3.8, 4) is 33.4 Å². The topological polar surface area (TPSA) is 26.3 Å². The van der Waals surface area contributed by atoms with Crippen molar-refractivity contribution < 1.29 is 8.83 Å². The molecule has 2 nitrogen and oxygen atoms in total. The van der Waals surface area contributed by atoms with Crippen LogP contribution in [0.25, 0.3) is 115 Å². The second kappa shape index (κ2) is 11.3. The molecule has 2 aromatic heterocycles. The molecule has 0 unspecified atom stereocenters. The van der Waals surface area contributed by atoms with Crippen LogP contribution in [-0.4, -0.2) is 0 Å². The maximum Gasteiger partial charge on any atom is 0.136 e. The van der Waals surface area contributed by atoms with Crippen molar-refractivity contribution >= 4 is 82.1 Å². The Morgan fingerprint density at radius 1 is 0.389 bits per heavy atom. The van der Waals surface area contributed by atoms with Gasteiger partial charge >= 0.3 is 0 Å². The average Bonchev–Trinajstić information content (AvgIpc) is 3.79. The van der Waals surface area contributed by atoms with Crippen molar-refractivity contribution in [1.29, 1.82) is 0 Å². The third-order valence-electron chi connectivity index (χ3n) is 11.7. The molecule has 0 saturated heterocycles. The molecule has 0 N–H and O–H groups in total. The summed E-state index contributed by atoms with van der Waals surface area (Å²) in [5.74, 6) is 1.09. The molecule has 12 rings (SSSR count). The molecule has 0 fully saturated rings. The van der Waals surface area contributed by atoms with Crippen LogP contribution in [0.4, 0.5) is 0 Å². The van der Waals surface area contributed by atoms with E-state index in [1.807, 2.05) is 0 Å². The predicted molar refractivity (Wildman–Crippen MR) is 227 cm³/mol. The van der Waals surface area contributed by atoms with Gasteiger partial charge in [0.05, 0.1) is 0 Å². The number of aryl methyl sites for hydroxylation is 1. The molecule has 1 aliphatic rings. The molecule has 0 atom stereocenters. The van der Waals surface area contributed by atoms with Crippen LogP contribution in [0.2, 0.25) is 0 Å². The molecule has 11 aromatic rings. The van der Waals surface area contributed by atoms with Crippen LogP contribution >= 0.6 is 0 Å². The molecule has 0 amide bonds. The SMILES string of the molecule is C1=Cc2c(oc3cc4c(ccc5oc6cc(-c7ccc(-c8c9ccccc9c(-c9cccc%10ccccc9%10)c9ccccc89)cc7)ccc6c54)cc23)CC1. The summed E-state index contributed by atoms with van der Waals surface area (Å²) in [5, 5.41) is 13.4. The minimum absolute atomic E-state index is 0.891. The minimum atomic E-state index is 0.891. The number of hydrogen-bond acceptors (Lipinski definition) is 2. The van der Waals surface area contributed by atoms with Crippen molar-refractivity contribution in [2.45, 2.75) is 12.8 Å². The van der Waals surface area contributed by atoms with Gasteiger partial charge in [0.15, 0.2) is 0 Å². The van der Waals surface area contributed by atoms with E-state index < -0.39 is 0 Å². The highest BCUT2D eigenvalue weighted by atomic mass is 16.3. The third kappa shape index (κ3) is 4.28. The summed E-state index contributed by atoms with van der Waals surface area (Å²) in [6.45, 7) is 0. The van der Waals surface area contributed by atoms with Gasteiger partial charge in [-0.2, -0.15) is 0 Å². The summed E-state index contributed by atoms with van der Waals surface area (Å²) in [7, 11) is 0. The molecule has 0 spiro atoms. The van der Waals surface area contributed by atoms with E-state index in [4.69, 9.17) is 8.83 Å². The fourth-order valence-electron chi connectivity index (χ4n) is 9.23. The van der Waals surface area contributed by atoms with Gasteiger partial charge in [0, 0.05) is 28.1 Å². The van der Waals surface area contributed by atoms with Crippen molar-refractivity contribution in [1.82, 2.24) is 0 Å².